The van der Waals surface area contributed by atoms with Crippen molar-refractivity contribution in [2.75, 3.05) is 20.2 Å². The smallest absolute Gasteiger partial charge is 0.444 e. The molecular weight excluding hydrogens is 521 g/mol. The maximum Gasteiger partial charge on any atom is 0.497 e. The minimum absolute atomic E-state index is 0.00842. The van der Waals surface area contributed by atoms with Crippen LogP contribution in [-0.2, 0) is 25.0 Å². The van der Waals surface area contributed by atoms with Crippen molar-refractivity contribution in [3.8, 4) is 0 Å². The Morgan fingerprint density at radius 1 is 1.10 bits per heavy atom. The molecular formula is C30H52BN3O5Si. The lowest BCUT2D eigenvalue weighted by Gasteiger charge is -2.38. The molecule has 40 heavy (non-hydrogen) atoms. The van der Waals surface area contributed by atoms with Crippen molar-refractivity contribution in [1.82, 2.24) is 14.5 Å². The molecule has 0 bridgehead atoms. The van der Waals surface area contributed by atoms with Crippen LogP contribution in [0.1, 0.15) is 75.1 Å². The largest absolute Gasteiger partial charge is 0.497 e. The Balaban J connectivity index is 1.98. The molecule has 1 fully saturated rings. The molecule has 8 nitrogen and oxygen atoms in total. The van der Waals surface area contributed by atoms with Crippen LogP contribution >= 0.6 is 0 Å². The predicted octanol–water partition coefficient (Wildman–Crippen LogP) is 6.15. The van der Waals surface area contributed by atoms with Crippen LogP contribution < -0.4 is 5.46 Å². The first kappa shape index (κ1) is 32.6. The highest BCUT2D eigenvalue weighted by molar-refractivity contribution is 6.74. The summed E-state index contributed by atoms with van der Waals surface area (Å²) in [6, 6.07) is 6.10. The lowest BCUT2D eigenvalue weighted by molar-refractivity contribution is 0.00578. The molecule has 0 saturated carbocycles. The summed E-state index contributed by atoms with van der Waals surface area (Å²) in [5.41, 5.74) is 1.39. The zero-order valence-electron chi connectivity index (χ0n) is 27.4. The number of carbonyl (C=O) groups is 1. The summed E-state index contributed by atoms with van der Waals surface area (Å²) in [5.74, 6) is 0.908. The van der Waals surface area contributed by atoms with Crippen molar-refractivity contribution in [1.29, 1.82) is 0 Å². The Morgan fingerprint density at radius 3 is 2.20 bits per heavy atom. The first-order chi connectivity index (χ1) is 18.0. The lowest BCUT2D eigenvalue weighted by Crippen LogP contribution is -2.44. The standard InChI is InChI=1S/C30H52BN3O5Si/c1-21-32-24-17-15-16-23(31-38-29(8,9)30(10,11)39-31)25(24)34(21)19-22(20-36-40(13,14)28(5,6)7)18-33(12)26(35)37-27(2,3)4/h15-17,22H,18-20H2,1-14H3. The van der Waals surface area contributed by atoms with Crippen molar-refractivity contribution >= 4 is 38.0 Å². The molecule has 1 aliphatic heterocycles. The summed E-state index contributed by atoms with van der Waals surface area (Å²) in [6.07, 6.45) is -0.338. The number of aromatic nitrogens is 2. The van der Waals surface area contributed by atoms with E-state index in [0.717, 1.165) is 22.3 Å². The third-order valence-electron chi connectivity index (χ3n) is 8.66. The molecule has 1 aromatic carbocycles. The third-order valence-corrected chi connectivity index (χ3v) is 13.2. The molecule has 10 heteroatoms. The highest BCUT2D eigenvalue weighted by Crippen LogP contribution is 2.38. The van der Waals surface area contributed by atoms with Crippen LogP contribution in [0.3, 0.4) is 0 Å². The second-order valence-electron chi connectivity index (χ2n) is 14.9. The number of amides is 1. The second-order valence-corrected chi connectivity index (χ2v) is 19.7. The van der Waals surface area contributed by atoms with Gasteiger partial charge in [0.1, 0.15) is 11.4 Å². The first-order valence-electron chi connectivity index (χ1n) is 14.4. The number of rotatable bonds is 8. The molecule has 2 aromatic rings. The molecule has 1 atom stereocenters. The van der Waals surface area contributed by atoms with Crippen LogP contribution in [-0.4, -0.2) is 73.0 Å². The predicted molar refractivity (Wildman–Crippen MR) is 166 cm³/mol. The topological polar surface area (TPSA) is 75.1 Å². The average molecular weight is 574 g/mol. The Kier molecular flexibility index (Phi) is 9.04. The minimum atomic E-state index is -2.02. The Morgan fingerprint density at radius 2 is 1.68 bits per heavy atom. The molecule has 3 rings (SSSR count). The lowest BCUT2D eigenvalue weighted by atomic mass is 9.78. The molecule has 1 amide bonds. The van der Waals surface area contributed by atoms with E-state index >= 15 is 0 Å². The van der Waals surface area contributed by atoms with Crippen LogP contribution in [0.5, 0.6) is 0 Å². The number of hydrogen-bond acceptors (Lipinski definition) is 6. The number of carbonyl (C=O) groups excluding carboxylic acids is 1. The number of imidazole rings is 1. The third kappa shape index (κ3) is 7.12. The van der Waals surface area contributed by atoms with Gasteiger partial charge in [0.2, 0.25) is 0 Å². The Bertz CT molecular complexity index is 1200. The van der Waals surface area contributed by atoms with Gasteiger partial charge in [0.25, 0.3) is 0 Å². The average Bonchev–Trinajstić information content (AvgIpc) is 3.20. The van der Waals surface area contributed by atoms with E-state index in [9.17, 15) is 4.79 Å². The summed E-state index contributed by atoms with van der Waals surface area (Å²) >= 11 is 0. The highest BCUT2D eigenvalue weighted by atomic mass is 28.4. The van der Waals surface area contributed by atoms with E-state index in [-0.39, 0.29) is 17.0 Å². The highest BCUT2D eigenvalue weighted by Gasteiger charge is 2.52. The summed E-state index contributed by atoms with van der Waals surface area (Å²) in [7, 11) is -0.727. The summed E-state index contributed by atoms with van der Waals surface area (Å²) in [4.78, 5) is 19.5. The number of aryl methyl sites for hydroxylation is 1. The van der Waals surface area contributed by atoms with Crippen LogP contribution in [0.4, 0.5) is 4.79 Å². The van der Waals surface area contributed by atoms with Crippen molar-refractivity contribution in [2.24, 2.45) is 5.92 Å². The van der Waals surface area contributed by atoms with Gasteiger partial charge in [0.15, 0.2) is 8.32 Å². The molecule has 0 aliphatic carbocycles. The van der Waals surface area contributed by atoms with Crippen molar-refractivity contribution < 1.29 is 23.3 Å². The van der Waals surface area contributed by atoms with E-state index in [0.29, 0.717) is 19.7 Å². The zero-order valence-corrected chi connectivity index (χ0v) is 28.4. The fourth-order valence-corrected chi connectivity index (χ4v) is 5.56. The number of hydrogen-bond donors (Lipinski definition) is 0. The van der Waals surface area contributed by atoms with Crippen LogP contribution in [0.25, 0.3) is 11.0 Å². The molecule has 0 radical (unpaired) electrons. The van der Waals surface area contributed by atoms with Gasteiger partial charge in [-0.1, -0.05) is 32.9 Å². The van der Waals surface area contributed by atoms with Crippen molar-refractivity contribution in [3.63, 3.8) is 0 Å². The van der Waals surface area contributed by atoms with Gasteiger partial charge < -0.3 is 27.9 Å². The fraction of sp³-hybridized carbons (Fsp3) is 0.733. The summed E-state index contributed by atoms with van der Waals surface area (Å²) < 4.78 is 27.5. The summed E-state index contributed by atoms with van der Waals surface area (Å²) in [5, 5.41) is 0.0795. The van der Waals surface area contributed by atoms with E-state index in [1.165, 1.54) is 0 Å². The van der Waals surface area contributed by atoms with Gasteiger partial charge in [0.05, 0.1) is 22.2 Å². The molecule has 224 valence electrons. The normalized spacial score (nSPS) is 18.3. The maximum absolute atomic E-state index is 12.9. The van der Waals surface area contributed by atoms with Gasteiger partial charge in [-0.15, -0.1) is 0 Å². The maximum atomic E-state index is 12.9. The molecule has 2 heterocycles. The first-order valence-corrected chi connectivity index (χ1v) is 17.3. The van der Waals surface area contributed by atoms with Gasteiger partial charge >= 0.3 is 13.2 Å². The van der Waals surface area contributed by atoms with Crippen LogP contribution in [0.2, 0.25) is 18.1 Å². The fourth-order valence-electron chi connectivity index (χ4n) is 4.48. The number of fused-ring (bicyclic) bond motifs is 1. The molecule has 1 saturated heterocycles. The van der Waals surface area contributed by atoms with Crippen LogP contribution in [0.15, 0.2) is 18.2 Å². The SMILES string of the molecule is Cc1nc2cccc(B3OC(C)(C)C(C)(C)O3)c2n1CC(CO[Si](C)(C)C(C)(C)C)CN(C)C(=O)OC(C)(C)C. The van der Waals surface area contributed by atoms with E-state index in [1.807, 2.05) is 39.8 Å². The van der Waals surface area contributed by atoms with Gasteiger partial charge in [0, 0.05) is 38.1 Å². The minimum Gasteiger partial charge on any atom is -0.444 e. The second kappa shape index (κ2) is 11.1. The van der Waals surface area contributed by atoms with Crippen LogP contribution in [0, 0.1) is 12.8 Å². The van der Waals surface area contributed by atoms with Gasteiger partial charge in [-0.2, -0.15) is 0 Å². The molecule has 0 N–H and O–H groups in total. The van der Waals surface area contributed by atoms with E-state index in [2.05, 4.69) is 72.2 Å². The number of para-hydroxylation sites is 1. The Hall–Kier alpha value is -1.88. The van der Waals surface area contributed by atoms with E-state index < -0.39 is 32.2 Å². The monoisotopic (exact) mass is 573 g/mol. The van der Waals surface area contributed by atoms with Crippen molar-refractivity contribution in [3.05, 3.63) is 24.0 Å². The molecule has 1 unspecified atom stereocenters. The molecule has 1 aliphatic rings. The Labute approximate surface area is 243 Å². The number of benzene rings is 1. The number of nitrogens with zero attached hydrogens (tertiary/aromatic N) is 3. The van der Waals surface area contributed by atoms with E-state index in [4.69, 9.17) is 23.5 Å². The summed E-state index contributed by atoms with van der Waals surface area (Å²) in [6.45, 7) is 28.8. The van der Waals surface area contributed by atoms with Crippen molar-refractivity contribution in [2.45, 2.75) is 118 Å². The zero-order chi connectivity index (χ0) is 30.5. The molecule has 1 aromatic heterocycles. The van der Waals surface area contributed by atoms with E-state index in [1.54, 1.807) is 11.9 Å². The number of ether oxygens (including phenoxy) is 1. The van der Waals surface area contributed by atoms with Gasteiger partial charge in [-0.25, -0.2) is 9.78 Å². The molecule has 0 spiro atoms. The quantitative estimate of drug-likeness (QED) is 0.353. The van der Waals surface area contributed by atoms with Gasteiger partial charge in [-0.3, -0.25) is 0 Å². The van der Waals surface area contributed by atoms with Gasteiger partial charge in [-0.05, 0) is 79.6 Å².